The lowest BCUT2D eigenvalue weighted by Crippen LogP contribution is -2.35. The van der Waals surface area contributed by atoms with Crippen LogP contribution in [0.25, 0.3) is 0 Å². The average Bonchev–Trinajstić information content (AvgIpc) is 2.74. The van der Waals surface area contributed by atoms with Crippen molar-refractivity contribution in [3.63, 3.8) is 0 Å². The van der Waals surface area contributed by atoms with Gasteiger partial charge in [-0.15, -0.1) is 0 Å². The third kappa shape index (κ3) is 2.19. The van der Waals surface area contributed by atoms with Crippen molar-refractivity contribution in [3.05, 3.63) is 24.3 Å². The van der Waals surface area contributed by atoms with Gasteiger partial charge in [0, 0.05) is 11.8 Å². The zero-order valence-corrected chi connectivity index (χ0v) is 11.8. The Morgan fingerprint density at radius 3 is 2.55 bits per heavy atom. The first-order chi connectivity index (χ1) is 9.42. The van der Waals surface area contributed by atoms with Gasteiger partial charge in [-0.1, -0.05) is 26.0 Å². The number of aldehydes is 1. The molecule has 0 aliphatic carbocycles. The van der Waals surface area contributed by atoms with E-state index >= 15 is 0 Å². The normalized spacial score (nSPS) is 19.4. The van der Waals surface area contributed by atoms with Gasteiger partial charge in [0.2, 0.25) is 11.8 Å². The fourth-order valence-corrected chi connectivity index (χ4v) is 2.36. The van der Waals surface area contributed by atoms with E-state index in [0.717, 1.165) is 11.2 Å². The number of ether oxygens (including phenoxy) is 1. The third-order valence-electron chi connectivity index (χ3n) is 3.67. The number of nitrogens with zero attached hydrogens (tertiary/aromatic N) is 1. The van der Waals surface area contributed by atoms with E-state index in [4.69, 9.17) is 4.74 Å². The highest BCUT2D eigenvalue weighted by Gasteiger charge is 2.47. The minimum Gasteiger partial charge on any atom is -0.495 e. The Morgan fingerprint density at radius 2 is 1.95 bits per heavy atom. The SMILES string of the molecule is COc1ccccc1N1C(=O)C[C@H](C(C)(C)C=O)C1=O. The Bertz CT molecular complexity index is 565. The van der Waals surface area contributed by atoms with Crippen LogP contribution in [0, 0.1) is 11.3 Å². The lowest BCUT2D eigenvalue weighted by molar-refractivity contribution is -0.129. The Kier molecular flexibility index (Phi) is 3.61. The molecule has 0 saturated carbocycles. The average molecular weight is 275 g/mol. The fourth-order valence-electron chi connectivity index (χ4n) is 2.36. The van der Waals surface area contributed by atoms with Crippen LogP contribution in [-0.4, -0.2) is 25.2 Å². The van der Waals surface area contributed by atoms with E-state index < -0.39 is 11.3 Å². The number of rotatable bonds is 4. The second-order valence-electron chi connectivity index (χ2n) is 5.44. The summed E-state index contributed by atoms with van der Waals surface area (Å²) in [6.07, 6.45) is 0.775. The maximum absolute atomic E-state index is 12.5. The molecular formula is C15H17NO4. The Hall–Kier alpha value is -2.17. The van der Waals surface area contributed by atoms with Crippen molar-refractivity contribution in [1.82, 2.24) is 0 Å². The molecule has 1 aromatic carbocycles. The minimum absolute atomic E-state index is 0.0443. The number of amides is 2. The molecular weight excluding hydrogens is 258 g/mol. The molecule has 0 N–H and O–H groups in total. The van der Waals surface area contributed by atoms with E-state index in [-0.39, 0.29) is 18.2 Å². The van der Waals surface area contributed by atoms with Crippen molar-refractivity contribution in [2.24, 2.45) is 11.3 Å². The van der Waals surface area contributed by atoms with Crippen molar-refractivity contribution in [1.29, 1.82) is 0 Å². The first-order valence-corrected chi connectivity index (χ1v) is 6.38. The topological polar surface area (TPSA) is 63.7 Å². The lowest BCUT2D eigenvalue weighted by atomic mass is 9.79. The van der Waals surface area contributed by atoms with E-state index in [1.807, 2.05) is 0 Å². The van der Waals surface area contributed by atoms with Crippen LogP contribution in [0.1, 0.15) is 20.3 Å². The van der Waals surface area contributed by atoms with E-state index in [2.05, 4.69) is 0 Å². The molecule has 1 aliphatic heterocycles. The summed E-state index contributed by atoms with van der Waals surface area (Å²) in [5, 5.41) is 0. The van der Waals surface area contributed by atoms with Gasteiger partial charge in [-0.3, -0.25) is 9.59 Å². The molecule has 1 fully saturated rings. The summed E-state index contributed by atoms with van der Waals surface area (Å²) in [4.78, 5) is 36.9. The van der Waals surface area contributed by atoms with Crippen molar-refractivity contribution in [3.8, 4) is 5.75 Å². The lowest BCUT2D eigenvalue weighted by Gasteiger charge is -2.23. The van der Waals surface area contributed by atoms with Gasteiger partial charge in [0.1, 0.15) is 12.0 Å². The highest BCUT2D eigenvalue weighted by atomic mass is 16.5. The molecule has 0 unspecified atom stereocenters. The zero-order valence-electron chi connectivity index (χ0n) is 11.8. The molecule has 5 nitrogen and oxygen atoms in total. The van der Waals surface area contributed by atoms with Crippen LogP contribution >= 0.6 is 0 Å². The Morgan fingerprint density at radius 1 is 1.30 bits per heavy atom. The predicted molar refractivity (Wildman–Crippen MR) is 73.4 cm³/mol. The maximum Gasteiger partial charge on any atom is 0.238 e. The van der Waals surface area contributed by atoms with Gasteiger partial charge in [0.15, 0.2) is 0 Å². The standard InChI is InChI=1S/C15H17NO4/c1-15(2,9-17)10-8-13(18)16(14(10)19)11-6-4-5-7-12(11)20-3/h4-7,9-10H,8H2,1-3H3/t10-/m0/s1. The maximum atomic E-state index is 12.5. The number of carbonyl (C=O) groups excluding carboxylic acids is 3. The summed E-state index contributed by atoms with van der Waals surface area (Å²) < 4.78 is 5.19. The Labute approximate surface area is 117 Å². The number of para-hydroxylation sites is 2. The summed E-state index contributed by atoms with van der Waals surface area (Å²) in [7, 11) is 1.48. The van der Waals surface area contributed by atoms with Gasteiger partial charge < -0.3 is 9.53 Å². The summed E-state index contributed by atoms with van der Waals surface area (Å²) in [5.74, 6) is -0.827. The molecule has 1 atom stereocenters. The molecule has 0 radical (unpaired) electrons. The smallest absolute Gasteiger partial charge is 0.238 e. The molecule has 1 heterocycles. The number of anilines is 1. The predicted octanol–water partition coefficient (Wildman–Crippen LogP) is 1.80. The van der Waals surface area contributed by atoms with E-state index in [0.29, 0.717) is 11.4 Å². The largest absolute Gasteiger partial charge is 0.495 e. The van der Waals surface area contributed by atoms with E-state index in [1.54, 1.807) is 38.1 Å². The van der Waals surface area contributed by atoms with Crippen LogP contribution < -0.4 is 9.64 Å². The molecule has 0 bridgehead atoms. The van der Waals surface area contributed by atoms with Gasteiger partial charge in [0.25, 0.3) is 0 Å². The Balaban J connectivity index is 2.42. The second-order valence-corrected chi connectivity index (χ2v) is 5.44. The van der Waals surface area contributed by atoms with Gasteiger partial charge in [0.05, 0.1) is 18.7 Å². The van der Waals surface area contributed by atoms with Crippen LogP contribution in [0.5, 0.6) is 5.75 Å². The molecule has 0 spiro atoms. The molecule has 1 aliphatic rings. The van der Waals surface area contributed by atoms with Crippen LogP contribution in [0.4, 0.5) is 5.69 Å². The van der Waals surface area contributed by atoms with Gasteiger partial charge in [-0.2, -0.15) is 0 Å². The first kappa shape index (κ1) is 14.2. The van der Waals surface area contributed by atoms with Crippen LogP contribution in [-0.2, 0) is 14.4 Å². The highest BCUT2D eigenvalue weighted by Crippen LogP contribution is 2.39. The monoisotopic (exact) mass is 275 g/mol. The summed E-state index contributed by atoms with van der Waals surface area (Å²) in [5.41, 5.74) is -0.432. The zero-order chi connectivity index (χ0) is 14.9. The van der Waals surface area contributed by atoms with Crippen molar-refractivity contribution in [2.45, 2.75) is 20.3 Å². The highest BCUT2D eigenvalue weighted by molar-refractivity contribution is 6.22. The first-order valence-electron chi connectivity index (χ1n) is 6.38. The van der Waals surface area contributed by atoms with Gasteiger partial charge >= 0.3 is 0 Å². The van der Waals surface area contributed by atoms with Crippen LogP contribution in [0.3, 0.4) is 0 Å². The van der Waals surface area contributed by atoms with Crippen LogP contribution in [0.2, 0.25) is 0 Å². The minimum atomic E-state index is -0.858. The summed E-state index contributed by atoms with van der Waals surface area (Å²) in [6.45, 7) is 3.34. The number of hydrogen-bond donors (Lipinski definition) is 0. The summed E-state index contributed by atoms with van der Waals surface area (Å²) >= 11 is 0. The number of imide groups is 1. The molecule has 2 rings (SSSR count). The van der Waals surface area contributed by atoms with Crippen molar-refractivity contribution in [2.75, 3.05) is 12.0 Å². The third-order valence-corrected chi connectivity index (χ3v) is 3.67. The molecule has 1 aromatic rings. The van der Waals surface area contributed by atoms with Gasteiger partial charge in [-0.05, 0) is 12.1 Å². The van der Waals surface area contributed by atoms with Crippen LogP contribution in [0.15, 0.2) is 24.3 Å². The molecule has 20 heavy (non-hydrogen) atoms. The van der Waals surface area contributed by atoms with Crippen molar-refractivity contribution < 1.29 is 19.1 Å². The van der Waals surface area contributed by atoms with E-state index in [1.165, 1.54) is 7.11 Å². The molecule has 106 valence electrons. The molecule has 0 aromatic heterocycles. The number of benzene rings is 1. The second kappa shape index (κ2) is 5.07. The summed E-state index contributed by atoms with van der Waals surface area (Å²) in [6, 6.07) is 6.84. The number of methoxy groups -OCH3 is 1. The fraction of sp³-hybridized carbons (Fsp3) is 0.400. The van der Waals surface area contributed by atoms with Crippen molar-refractivity contribution >= 4 is 23.8 Å². The number of carbonyl (C=O) groups is 3. The molecule has 5 heteroatoms. The molecule has 2 amide bonds. The van der Waals surface area contributed by atoms with Gasteiger partial charge in [-0.25, -0.2) is 4.90 Å². The number of hydrogen-bond acceptors (Lipinski definition) is 4. The molecule has 1 saturated heterocycles. The van der Waals surface area contributed by atoms with E-state index in [9.17, 15) is 14.4 Å². The quantitative estimate of drug-likeness (QED) is 0.621.